The number of amides is 1. The predicted octanol–water partition coefficient (Wildman–Crippen LogP) is 4.53. The van der Waals surface area contributed by atoms with E-state index in [1.165, 1.54) is 31.3 Å². The first-order chi connectivity index (χ1) is 10.6. The maximum atomic E-state index is 12.2. The van der Waals surface area contributed by atoms with Gasteiger partial charge < -0.3 is 9.64 Å². The Morgan fingerprint density at radius 3 is 2.50 bits per heavy atom. The average Bonchev–Trinajstić information content (AvgIpc) is 2.52. The van der Waals surface area contributed by atoms with Crippen molar-refractivity contribution in [3.63, 3.8) is 0 Å². The van der Waals surface area contributed by atoms with E-state index in [4.69, 9.17) is 4.74 Å². The highest BCUT2D eigenvalue weighted by atomic mass is 16.6. The van der Waals surface area contributed by atoms with Gasteiger partial charge in [0.1, 0.15) is 6.61 Å². The fourth-order valence-electron chi connectivity index (χ4n) is 3.93. The van der Waals surface area contributed by atoms with Crippen LogP contribution in [0.15, 0.2) is 42.5 Å². The predicted molar refractivity (Wildman–Crippen MR) is 87.5 cm³/mol. The second-order valence-electron chi connectivity index (χ2n) is 6.99. The molecule has 1 aromatic rings. The van der Waals surface area contributed by atoms with Crippen molar-refractivity contribution in [2.45, 2.75) is 51.2 Å². The van der Waals surface area contributed by atoms with Crippen LogP contribution in [0.5, 0.6) is 0 Å². The van der Waals surface area contributed by atoms with Crippen LogP contribution in [0.2, 0.25) is 0 Å². The SMILES string of the molecule is C=C1CC2(CCC(N(C)C(=O)OCc3ccccc3)CC2)C1. The van der Waals surface area contributed by atoms with Gasteiger partial charge in [-0.3, -0.25) is 0 Å². The average molecular weight is 299 g/mol. The Balaban J connectivity index is 1.46. The van der Waals surface area contributed by atoms with Crippen LogP contribution in [0, 0.1) is 5.41 Å². The molecular formula is C19H25NO2. The summed E-state index contributed by atoms with van der Waals surface area (Å²) in [5, 5.41) is 0. The summed E-state index contributed by atoms with van der Waals surface area (Å²) in [7, 11) is 1.87. The molecule has 2 saturated carbocycles. The number of benzene rings is 1. The summed E-state index contributed by atoms with van der Waals surface area (Å²) < 4.78 is 5.43. The number of rotatable bonds is 3. The highest BCUT2D eigenvalue weighted by molar-refractivity contribution is 5.67. The minimum Gasteiger partial charge on any atom is -0.445 e. The molecule has 3 rings (SSSR count). The van der Waals surface area contributed by atoms with Gasteiger partial charge in [0.15, 0.2) is 0 Å². The molecule has 0 saturated heterocycles. The minimum absolute atomic E-state index is 0.206. The summed E-state index contributed by atoms with van der Waals surface area (Å²) in [5.74, 6) is 0. The van der Waals surface area contributed by atoms with E-state index in [1.807, 2.05) is 37.4 Å². The van der Waals surface area contributed by atoms with Crippen LogP contribution in [0.25, 0.3) is 0 Å². The normalized spacial score (nSPS) is 20.5. The van der Waals surface area contributed by atoms with Crippen LogP contribution in [-0.2, 0) is 11.3 Å². The van der Waals surface area contributed by atoms with Crippen molar-refractivity contribution in [2.75, 3.05) is 7.05 Å². The molecule has 1 spiro atoms. The number of hydrogen-bond donors (Lipinski definition) is 0. The lowest BCUT2D eigenvalue weighted by Gasteiger charge is -2.49. The topological polar surface area (TPSA) is 29.5 Å². The number of hydrogen-bond acceptors (Lipinski definition) is 2. The molecule has 0 bridgehead atoms. The fraction of sp³-hybridized carbons (Fsp3) is 0.526. The molecule has 118 valence electrons. The molecule has 3 heteroatoms. The third kappa shape index (κ3) is 3.18. The van der Waals surface area contributed by atoms with Gasteiger partial charge in [-0.2, -0.15) is 0 Å². The van der Waals surface area contributed by atoms with Gasteiger partial charge in [-0.25, -0.2) is 4.79 Å². The van der Waals surface area contributed by atoms with E-state index in [9.17, 15) is 4.79 Å². The molecule has 0 radical (unpaired) electrons. The van der Waals surface area contributed by atoms with Crippen molar-refractivity contribution in [3.8, 4) is 0 Å². The Morgan fingerprint density at radius 1 is 1.27 bits per heavy atom. The largest absolute Gasteiger partial charge is 0.445 e. The van der Waals surface area contributed by atoms with E-state index < -0.39 is 0 Å². The van der Waals surface area contributed by atoms with Gasteiger partial charge in [-0.05, 0) is 49.5 Å². The van der Waals surface area contributed by atoms with Crippen molar-refractivity contribution < 1.29 is 9.53 Å². The van der Waals surface area contributed by atoms with Gasteiger partial charge >= 0.3 is 6.09 Å². The lowest BCUT2D eigenvalue weighted by atomic mass is 9.58. The van der Waals surface area contributed by atoms with E-state index in [0.29, 0.717) is 18.1 Å². The number of carbonyl (C=O) groups excluding carboxylic acids is 1. The van der Waals surface area contributed by atoms with Gasteiger partial charge in [0.25, 0.3) is 0 Å². The third-order valence-corrected chi connectivity index (χ3v) is 5.31. The maximum absolute atomic E-state index is 12.2. The Hall–Kier alpha value is -1.77. The lowest BCUT2D eigenvalue weighted by molar-refractivity contribution is 0.0518. The second kappa shape index (κ2) is 6.15. The number of carbonyl (C=O) groups is 1. The molecule has 1 aromatic carbocycles. The number of ether oxygens (including phenoxy) is 1. The van der Waals surface area contributed by atoms with Crippen LogP contribution in [0.4, 0.5) is 4.79 Å². The molecular weight excluding hydrogens is 274 g/mol. The zero-order valence-electron chi connectivity index (χ0n) is 13.4. The van der Waals surface area contributed by atoms with Gasteiger partial charge in [0.05, 0.1) is 0 Å². The van der Waals surface area contributed by atoms with Crippen LogP contribution in [-0.4, -0.2) is 24.1 Å². The lowest BCUT2D eigenvalue weighted by Crippen LogP contribution is -2.44. The van der Waals surface area contributed by atoms with Crippen LogP contribution < -0.4 is 0 Å². The van der Waals surface area contributed by atoms with E-state index in [2.05, 4.69) is 6.58 Å². The van der Waals surface area contributed by atoms with Crippen molar-refractivity contribution in [3.05, 3.63) is 48.0 Å². The monoisotopic (exact) mass is 299 g/mol. The molecule has 2 fully saturated rings. The Labute approximate surface area is 133 Å². The van der Waals surface area contributed by atoms with Crippen LogP contribution >= 0.6 is 0 Å². The van der Waals surface area contributed by atoms with Gasteiger partial charge in [-0.15, -0.1) is 0 Å². The molecule has 3 nitrogen and oxygen atoms in total. The third-order valence-electron chi connectivity index (χ3n) is 5.31. The molecule has 0 N–H and O–H groups in total. The molecule has 0 unspecified atom stereocenters. The molecule has 0 atom stereocenters. The quantitative estimate of drug-likeness (QED) is 0.767. The van der Waals surface area contributed by atoms with Crippen LogP contribution in [0.1, 0.15) is 44.1 Å². The summed E-state index contributed by atoms with van der Waals surface area (Å²) in [4.78, 5) is 14.0. The highest BCUT2D eigenvalue weighted by Crippen LogP contribution is 2.54. The van der Waals surface area contributed by atoms with Crippen molar-refractivity contribution in [2.24, 2.45) is 5.41 Å². The van der Waals surface area contributed by atoms with Crippen molar-refractivity contribution >= 4 is 6.09 Å². The first-order valence-electron chi connectivity index (χ1n) is 8.18. The van der Waals surface area contributed by atoms with Gasteiger partial charge in [0, 0.05) is 13.1 Å². The van der Waals surface area contributed by atoms with Gasteiger partial charge in [0.2, 0.25) is 0 Å². The standard InChI is InChI=1S/C19H25NO2/c1-15-12-19(13-15)10-8-17(9-11-19)20(2)18(21)22-14-16-6-4-3-5-7-16/h3-7,17H,1,8-14H2,2H3. The Morgan fingerprint density at radius 2 is 1.91 bits per heavy atom. The Kier molecular flexibility index (Phi) is 4.23. The molecule has 2 aliphatic rings. The maximum Gasteiger partial charge on any atom is 0.410 e. The van der Waals surface area contributed by atoms with E-state index in [0.717, 1.165) is 18.4 Å². The summed E-state index contributed by atoms with van der Waals surface area (Å²) >= 11 is 0. The summed E-state index contributed by atoms with van der Waals surface area (Å²) in [6.07, 6.45) is 6.79. The van der Waals surface area contributed by atoms with E-state index in [-0.39, 0.29) is 6.09 Å². The van der Waals surface area contributed by atoms with Crippen molar-refractivity contribution in [1.82, 2.24) is 4.90 Å². The molecule has 0 heterocycles. The fourth-order valence-corrected chi connectivity index (χ4v) is 3.93. The smallest absolute Gasteiger partial charge is 0.410 e. The first kappa shape index (κ1) is 15.1. The summed E-state index contributed by atoms with van der Waals surface area (Å²) in [6.45, 7) is 4.41. The van der Waals surface area contributed by atoms with E-state index in [1.54, 1.807) is 4.90 Å². The summed E-state index contributed by atoms with van der Waals surface area (Å²) in [5.41, 5.74) is 2.94. The van der Waals surface area contributed by atoms with Gasteiger partial charge in [-0.1, -0.05) is 42.5 Å². The highest BCUT2D eigenvalue weighted by Gasteiger charge is 2.43. The second-order valence-corrected chi connectivity index (χ2v) is 6.99. The molecule has 1 amide bonds. The minimum atomic E-state index is -0.206. The zero-order valence-corrected chi connectivity index (χ0v) is 13.4. The first-order valence-corrected chi connectivity index (χ1v) is 8.18. The molecule has 0 aromatic heterocycles. The number of allylic oxidation sites excluding steroid dienone is 1. The number of nitrogens with zero attached hydrogens (tertiary/aromatic N) is 1. The molecule has 0 aliphatic heterocycles. The van der Waals surface area contributed by atoms with Crippen LogP contribution in [0.3, 0.4) is 0 Å². The molecule has 2 aliphatic carbocycles. The van der Waals surface area contributed by atoms with Crippen molar-refractivity contribution in [1.29, 1.82) is 0 Å². The Bertz CT molecular complexity index is 534. The molecule has 22 heavy (non-hydrogen) atoms. The van der Waals surface area contributed by atoms with E-state index >= 15 is 0 Å². The summed E-state index contributed by atoms with van der Waals surface area (Å²) in [6, 6.07) is 10.1. The zero-order chi connectivity index (χ0) is 15.6.